The summed E-state index contributed by atoms with van der Waals surface area (Å²) in [5.41, 5.74) is 6.20. The van der Waals surface area contributed by atoms with Crippen LogP contribution >= 0.6 is 0 Å². The normalized spacial score (nSPS) is 16.5. The van der Waals surface area contributed by atoms with Crippen LogP contribution in [0.25, 0.3) is 0 Å². The van der Waals surface area contributed by atoms with Crippen LogP contribution in [-0.4, -0.2) is 16.5 Å². The van der Waals surface area contributed by atoms with Gasteiger partial charge in [-0.2, -0.15) is 5.10 Å². The molecule has 4 heteroatoms. The average molecular weight is 339 g/mol. The molecule has 0 aromatic heterocycles. The van der Waals surface area contributed by atoms with Gasteiger partial charge in [-0.3, -0.25) is 5.41 Å². The number of hydrogen-bond acceptors (Lipinski definition) is 4. The van der Waals surface area contributed by atoms with Gasteiger partial charge in [0.15, 0.2) is 0 Å². The van der Waals surface area contributed by atoms with E-state index >= 15 is 0 Å². The highest BCUT2D eigenvalue weighted by atomic mass is 16.3. The van der Waals surface area contributed by atoms with Crippen molar-refractivity contribution in [2.75, 3.05) is 0 Å². The molecule has 0 amide bonds. The molecule has 0 saturated carbocycles. The van der Waals surface area contributed by atoms with Gasteiger partial charge >= 0.3 is 0 Å². The first-order valence-corrected chi connectivity index (χ1v) is 8.65. The Morgan fingerprint density at radius 1 is 1.08 bits per heavy atom. The van der Waals surface area contributed by atoms with Crippen LogP contribution < -0.4 is 5.43 Å². The van der Waals surface area contributed by atoms with Gasteiger partial charge in [0, 0.05) is 5.56 Å². The summed E-state index contributed by atoms with van der Waals surface area (Å²) in [5, 5.41) is 22.2. The predicted octanol–water partition coefficient (Wildman–Crippen LogP) is 4.70. The third-order valence-electron chi connectivity index (χ3n) is 4.21. The number of allylic oxidation sites excluding steroid dienone is 4. The summed E-state index contributed by atoms with van der Waals surface area (Å²) in [7, 11) is 0. The molecule has 0 spiro atoms. The van der Waals surface area contributed by atoms with E-state index in [1.54, 1.807) is 18.2 Å². The maximum Gasteiger partial charge on any atom is 0.120 e. The number of aromatic hydroxyl groups is 1. The Kier molecular flexibility index (Phi) is 5.51. The molecule has 1 aromatic rings. The molecule has 0 heterocycles. The molecular weight excluding hydrogens is 310 g/mol. The number of phenolic OH excluding ortho intramolecular Hbond substituents is 1. The van der Waals surface area contributed by atoms with Crippen LogP contribution in [0.5, 0.6) is 5.75 Å². The second-order valence-corrected chi connectivity index (χ2v) is 8.43. The average Bonchev–Trinajstić information content (AvgIpc) is 2.48. The van der Waals surface area contributed by atoms with Crippen molar-refractivity contribution >= 4 is 11.4 Å². The summed E-state index contributed by atoms with van der Waals surface area (Å²) in [6.07, 6.45) is 8.21. The van der Waals surface area contributed by atoms with E-state index in [4.69, 9.17) is 5.41 Å². The summed E-state index contributed by atoms with van der Waals surface area (Å²) >= 11 is 0. The summed E-state index contributed by atoms with van der Waals surface area (Å²) in [5.74, 6) is 0.261. The number of phenols is 1. The molecule has 0 atom stereocenters. The molecule has 134 valence electrons. The molecule has 1 aromatic carbocycles. The molecule has 3 N–H and O–H groups in total. The zero-order valence-corrected chi connectivity index (χ0v) is 15.9. The molecule has 0 aliphatic heterocycles. The highest BCUT2D eigenvalue weighted by molar-refractivity contribution is 6.49. The summed E-state index contributed by atoms with van der Waals surface area (Å²) < 4.78 is 0. The predicted molar refractivity (Wildman–Crippen MR) is 105 cm³/mol. The summed E-state index contributed by atoms with van der Waals surface area (Å²) in [6.45, 7) is 11.6. The quantitative estimate of drug-likeness (QED) is 0.538. The molecule has 1 aliphatic rings. The largest absolute Gasteiger partial charge is 0.508 e. The van der Waals surface area contributed by atoms with E-state index in [1.807, 2.05) is 18.2 Å². The van der Waals surface area contributed by atoms with Gasteiger partial charge in [0.2, 0.25) is 0 Å². The van der Waals surface area contributed by atoms with Crippen molar-refractivity contribution in [1.82, 2.24) is 5.43 Å². The molecule has 0 bridgehead atoms. The Morgan fingerprint density at radius 2 is 1.76 bits per heavy atom. The third-order valence-corrected chi connectivity index (χ3v) is 4.21. The zero-order valence-electron chi connectivity index (χ0n) is 15.9. The zero-order chi connectivity index (χ0) is 18.7. The van der Waals surface area contributed by atoms with Crippen molar-refractivity contribution < 1.29 is 5.11 Å². The number of hydrazone groups is 1. The van der Waals surface area contributed by atoms with Crippen molar-refractivity contribution in [3.05, 3.63) is 53.6 Å². The lowest BCUT2D eigenvalue weighted by Gasteiger charge is -2.33. The molecular formula is C21H29N3O. The first-order chi connectivity index (χ1) is 11.6. The number of nitrogens with zero attached hydrogens (tertiary/aromatic N) is 1. The third kappa shape index (κ3) is 5.31. The molecule has 4 nitrogen and oxygen atoms in total. The van der Waals surface area contributed by atoms with E-state index in [0.29, 0.717) is 18.0 Å². The van der Waals surface area contributed by atoms with Gasteiger partial charge in [0.25, 0.3) is 0 Å². The van der Waals surface area contributed by atoms with Gasteiger partial charge in [-0.05, 0) is 47.1 Å². The van der Waals surface area contributed by atoms with E-state index in [0.717, 1.165) is 12.0 Å². The lowest BCUT2D eigenvalue weighted by molar-refractivity contribution is 0.284. The standard InChI is InChI=1S/C21H29N3O/c1-20(2,3)14-21(4,5)16-10-11-19(25)15(12-16)13-23-24-18-9-7-6-8-17(18)22/h6-12,22-23,25H,13-14H2,1-5H3/b22-17?,24-18-. The first-order valence-electron chi connectivity index (χ1n) is 8.65. The van der Waals surface area contributed by atoms with Crippen LogP contribution in [0, 0.1) is 10.8 Å². The highest BCUT2D eigenvalue weighted by Crippen LogP contribution is 2.37. The smallest absolute Gasteiger partial charge is 0.120 e. The van der Waals surface area contributed by atoms with E-state index < -0.39 is 0 Å². The number of benzene rings is 1. The van der Waals surface area contributed by atoms with Crippen LogP contribution in [0.2, 0.25) is 0 Å². The molecule has 25 heavy (non-hydrogen) atoms. The van der Waals surface area contributed by atoms with Gasteiger partial charge in [0.1, 0.15) is 11.5 Å². The van der Waals surface area contributed by atoms with Gasteiger partial charge in [-0.15, -0.1) is 0 Å². The van der Waals surface area contributed by atoms with Crippen molar-refractivity contribution in [3.8, 4) is 5.75 Å². The van der Waals surface area contributed by atoms with Crippen molar-refractivity contribution in [3.63, 3.8) is 0 Å². The van der Waals surface area contributed by atoms with Gasteiger partial charge in [0.05, 0.1) is 12.3 Å². The van der Waals surface area contributed by atoms with Crippen LogP contribution in [-0.2, 0) is 12.0 Å². The Labute approximate surface area is 150 Å². The number of nitrogens with one attached hydrogen (secondary N) is 2. The van der Waals surface area contributed by atoms with E-state index in [9.17, 15) is 5.11 Å². The minimum absolute atomic E-state index is 0.0195. The van der Waals surface area contributed by atoms with Gasteiger partial charge < -0.3 is 10.5 Å². The molecule has 0 unspecified atom stereocenters. The maximum absolute atomic E-state index is 10.2. The Hall–Kier alpha value is -2.36. The monoisotopic (exact) mass is 339 g/mol. The van der Waals surface area contributed by atoms with Crippen molar-refractivity contribution in [2.24, 2.45) is 10.5 Å². The SMILES string of the molecule is CC(C)(C)CC(C)(C)c1ccc(O)c(CN/N=C2/C=CC=CC2=N)c1. The lowest BCUT2D eigenvalue weighted by atomic mass is 9.72. The fourth-order valence-electron chi connectivity index (χ4n) is 3.36. The van der Waals surface area contributed by atoms with Gasteiger partial charge in [-0.1, -0.05) is 52.8 Å². The van der Waals surface area contributed by atoms with E-state index in [-0.39, 0.29) is 16.6 Å². The number of hydrogen-bond donors (Lipinski definition) is 3. The Bertz CT molecular complexity index is 734. The summed E-state index contributed by atoms with van der Waals surface area (Å²) in [6, 6.07) is 5.81. The highest BCUT2D eigenvalue weighted by Gasteiger charge is 2.27. The summed E-state index contributed by atoms with van der Waals surface area (Å²) in [4.78, 5) is 0. The second kappa shape index (κ2) is 7.26. The van der Waals surface area contributed by atoms with Crippen molar-refractivity contribution in [1.29, 1.82) is 5.41 Å². The molecule has 0 radical (unpaired) electrons. The molecule has 1 aliphatic carbocycles. The van der Waals surface area contributed by atoms with Crippen LogP contribution in [0.15, 0.2) is 47.6 Å². The molecule has 0 saturated heterocycles. The molecule has 2 rings (SSSR count). The minimum atomic E-state index is 0.0195. The topological polar surface area (TPSA) is 68.5 Å². The van der Waals surface area contributed by atoms with Crippen LogP contribution in [0.4, 0.5) is 0 Å². The second-order valence-electron chi connectivity index (χ2n) is 8.43. The Balaban J connectivity index is 2.14. The van der Waals surface area contributed by atoms with Crippen LogP contribution in [0.1, 0.15) is 52.2 Å². The van der Waals surface area contributed by atoms with Crippen LogP contribution in [0.3, 0.4) is 0 Å². The minimum Gasteiger partial charge on any atom is -0.508 e. The maximum atomic E-state index is 10.2. The van der Waals surface area contributed by atoms with Gasteiger partial charge in [-0.25, -0.2) is 0 Å². The molecule has 0 fully saturated rings. The number of rotatable bonds is 5. The fraction of sp³-hybridized carbons (Fsp3) is 0.429. The van der Waals surface area contributed by atoms with E-state index in [1.165, 1.54) is 5.56 Å². The van der Waals surface area contributed by atoms with E-state index in [2.05, 4.69) is 51.2 Å². The fourth-order valence-corrected chi connectivity index (χ4v) is 3.36. The lowest BCUT2D eigenvalue weighted by Crippen LogP contribution is -2.25. The first kappa shape index (κ1) is 19.0. The Morgan fingerprint density at radius 3 is 2.40 bits per heavy atom. The van der Waals surface area contributed by atoms with Crippen molar-refractivity contribution in [2.45, 2.75) is 53.0 Å².